The Morgan fingerprint density at radius 1 is 0.313 bits per heavy atom. The van der Waals surface area contributed by atoms with E-state index in [0.717, 1.165) is 89.9 Å². The summed E-state index contributed by atoms with van der Waals surface area (Å²) in [5, 5.41) is 0. The Kier molecular flexibility index (Phi) is 52.4. The number of unbranched alkanes of at least 4 members (excludes halogenated alkanes) is 25. The van der Waals surface area contributed by atoms with E-state index in [4.69, 9.17) is 14.2 Å². The molecular weight excluding hydrogens is 829 g/mol. The molecule has 0 fully saturated rings. The molecule has 0 amide bonds. The first kappa shape index (κ1) is 63.6. The molecule has 1 unspecified atom stereocenters. The summed E-state index contributed by atoms with van der Waals surface area (Å²) in [6, 6.07) is 0. The van der Waals surface area contributed by atoms with E-state index in [9.17, 15) is 14.4 Å². The summed E-state index contributed by atoms with van der Waals surface area (Å²) in [6.07, 6.45) is 71.5. The maximum atomic E-state index is 12.8. The van der Waals surface area contributed by atoms with Gasteiger partial charge < -0.3 is 14.2 Å². The molecule has 0 radical (unpaired) electrons. The highest BCUT2D eigenvalue weighted by Gasteiger charge is 2.19. The van der Waals surface area contributed by atoms with Crippen LogP contribution in [0.15, 0.2) is 85.1 Å². The Hall–Kier alpha value is -3.41. The maximum absolute atomic E-state index is 12.8. The van der Waals surface area contributed by atoms with Gasteiger partial charge in [0, 0.05) is 19.3 Å². The van der Waals surface area contributed by atoms with Gasteiger partial charge in [-0.1, -0.05) is 221 Å². The van der Waals surface area contributed by atoms with Crippen molar-refractivity contribution >= 4 is 17.9 Å². The molecule has 0 saturated heterocycles. The smallest absolute Gasteiger partial charge is 0.306 e. The summed E-state index contributed by atoms with van der Waals surface area (Å²) >= 11 is 0. The summed E-state index contributed by atoms with van der Waals surface area (Å²) < 4.78 is 16.8. The number of ether oxygens (including phenoxy) is 3. The van der Waals surface area contributed by atoms with E-state index in [1.54, 1.807) is 0 Å². The van der Waals surface area contributed by atoms with Gasteiger partial charge in [0.2, 0.25) is 0 Å². The van der Waals surface area contributed by atoms with Gasteiger partial charge in [-0.2, -0.15) is 0 Å². The molecule has 0 bridgehead atoms. The average molecular weight is 933 g/mol. The van der Waals surface area contributed by atoms with Crippen molar-refractivity contribution in [3.05, 3.63) is 85.1 Å². The van der Waals surface area contributed by atoms with Crippen LogP contribution in [0.1, 0.15) is 265 Å². The van der Waals surface area contributed by atoms with Crippen LogP contribution in [0.2, 0.25) is 0 Å². The van der Waals surface area contributed by atoms with Gasteiger partial charge in [0.25, 0.3) is 0 Å². The molecule has 0 aliphatic carbocycles. The van der Waals surface area contributed by atoms with Crippen LogP contribution in [0.5, 0.6) is 0 Å². The third kappa shape index (κ3) is 53.4. The number of rotatable bonds is 50. The van der Waals surface area contributed by atoms with Crippen molar-refractivity contribution in [1.29, 1.82) is 0 Å². The second-order valence-electron chi connectivity index (χ2n) is 18.5. The molecule has 1 atom stereocenters. The highest BCUT2D eigenvalue weighted by Crippen LogP contribution is 2.14. The molecule has 0 saturated carbocycles. The van der Waals surface area contributed by atoms with Crippen LogP contribution in [0.3, 0.4) is 0 Å². The first-order valence-corrected chi connectivity index (χ1v) is 28.1. The zero-order valence-electron chi connectivity index (χ0n) is 43.9. The predicted molar refractivity (Wildman–Crippen MR) is 288 cm³/mol. The molecule has 67 heavy (non-hydrogen) atoms. The summed E-state index contributed by atoms with van der Waals surface area (Å²) in [5.41, 5.74) is 0. The quantitative estimate of drug-likeness (QED) is 0.0262. The monoisotopic (exact) mass is 933 g/mol. The van der Waals surface area contributed by atoms with Crippen LogP contribution in [0.25, 0.3) is 0 Å². The molecule has 0 rings (SSSR count). The molecular formula is C61H104O6. The van der Waals surface area contributed by atoms with E-state index in [-0.39, 0.29) is 37.5 Å². The van der Waals surface area contributed by atoms with Crippen molar-refractivity contribution in [3.8, 4) is 0 Å². The zero-order valence-corrected chi connectivity index (χ0v) is 43.9. The largest absolute Gasteiger partial charge is 0.462 e. The molecule has 384 valence electrons. The molecule has 0 heterocycles. The van der Waals surface area contributed by atoms with E-state index in [1.165, 1.54) is 128 Å². The van der Waals surface area contributed by atoms with Gasteiger partial charge in [0.05, 0.1) is 0 Å². The van der Waals surface area contributed by atoms with Gasteiger partial charge in [-0.05, 0) is 109 Å². The van der Waals surface area contributed by atoms with Crippen molar-refractivity contribution in [2.24, 2.45) is 0 Å². The topological polar surface area (TPSA) is 78.9 Å². The standard InChI is InChI=1S/C61H104O6/c1-4-7-10-13-16-19-22-25-28-30-32-33-36-39-42-45-48-51-54-60(63)66-57-58(56-65-59(62)53-50-47-44-41-38-35-27-24-21-18-15-12-9-6-3)67-61(64)55-52-49-46-43-40-37-34-31-29-26-23-20-17-14-11-8-5-2/h9,12,17-18,20-21,26,29,32-34,37,43,46,58H,4-8,10-11,13-16,19,22-25,27-28,30-31,35-36,38-42,44-45,47-57H2,1-3H3/b12-9-,20-17-,21-18-,29-26-,33-32-,37-34-,46-43-. The van der Waals surface area contributed by atoms with Crippen LogP contribution in [0.4, 0.5) is 0 Å². The van der Waals surface area contributed by atoms with Gasteiger partial charge in [-0.15, -0.1) is 0 Å². The number of hydrogen-bond donors (Lipinski definition) is 0. The van der Waals surface area contributed by atoms with E-state index < -0.39 is 6.10 Å². The lowest BCUT2D eigenvalue weighted by Gasteiger charge is -2.18. The summed E-state index contributed by atoms with van der Waals surface area (Å²) in [6.45, 7) is 6.46. The average Bonchev–Trinajstić information content (AvgIpc) is 3.33. The summed E-state index contributed by atoms with van der Waals surface area (Å²) in [4.78, 5) is 38.1. The normalized spacial score (nSPS) is 12.7. The lowest BCUT2D eigenvalue weighted by Crippen LogP contribution is -2.30. The fourth-order valence-electron chi connectivity index (χ4n) is 7.64. The van der Waals surface area contributed by atoms with Crippen molar-refractivity contribution < 1.29 is 28.6 Å². The molecule has 6 nitrogen and oxygen atoms in total. The number of allylic oxidation sites excluding steroid dienone is 14. The number of carbonyl (C=O) groups is 3. The molecule has 6 heteroatoms. The number of esters is 3. The minimum absolute atomic E-state index is 0.105. The fourth-order valence-corrected chi connectivity index (χ4v) is 7.64. The Morgan fingerprint density at radius 3 is 1.00 bits per heavy atom. The molecule has 0 N–H and O–H groups in total. The van der Waals surface area contributed by atoms with E-state index in [2.05, 4.69) is 106 Å². The van der Waals surface area contributed by atoms with Gasteiger partial charge in [0.1, 0.15) is 13.2 Å². The highest BCUT2D eigenvalue weighted by atomic mass is 16.6. The Morgan fingerprint density at radius 2 is 0.597 bits per heavy atom. The second kappa shape index (κ2) is 55.2. The lowest BCUT2D eigenvalue weighted by molar-refractivity contribution is -0.167. The third-order valence-corrected chi connectivity index (χ3v) is 11.9. The fraction of sp³-hybridized carbons (Fsp3) is 0.721. The Labute approximate surface area is 414 Å². The molecule has 0 aromatic rings. The van der Waals surface area contributed by atoms with Crippen LogP contribution in [-0.2, 0) is 28.6 Å². The lowest BCUT2D eigenvalue weighted by atomic mass is 10.1. The van der Waals surface area contributed by atoms with Crippen LogP contribution in [0, 0.1) is 0 Å². The van der Waals surface area contributed by atoms with Gasteiger partial charge >= 0.3 is 17.9 Å². The third-order valence-electron chi connectivity index (χ3n) is 11.9. The van der Waals surface area contributed by atoms with Crippen molar-refractivity contribution in [2.45, 2.75) is 271 Å². The first-order valence-electron chi connectivity index (χ1n) is 28.1. The molecule has 0 aliphatic heterocycles. The van der Waals surface area contributed by atoms with E-state index >= 15 is 0 Å². The molecule has 0 aromatic carbocycles. The van der Waals surface area contributed by atoms with Crippen LogP contribution in [-0.4, -0.2) is 37.2 Å². The van der Waals surface area contributed by atoms with Crippen molar-refractivity contribution in [3.63, 3.8) is 0 Å². The van der Waals surface area contributed by atoms with Gasteiger partial charge in [0.15, 0.2) is 6.10 Å². The van der Waals surface area contributed by atoms with Gasteiger partial charge in [-0.25, -0.2) is 0 Å². The molecule has 0 aliphatic rings. The SMILES string of the molecule is CC/C=C\C/C=C\CCCCCCCCCC(=O)OCC(COC(=O)CCCCCCC/C=C\CCCCCCCCCCC)OC(=O)CCC/C=C\C/C=C\C/C=C\C/C=C\CCCCC. The van der Waals surface area contributed by atoms with Crippen LogP contribution < -0.4 is 0 Å². The summed E-state index contributed by atoms with van der Waals surface area (Å²) in [5.74, 6) is -0.974. The molecule has 0 spiro atoms. The second-order valence-corrected chi connectivity index (χ2v) is 18.5. The minimum Gasteiger partial charge on any atom is -0.462 e. The van der Waals surface area contributed by atoms with Gasteiger partial charge in [-0.3, -0.25) is 14.4 Å². The number of carbonyl (C=O) groups excluding carboxylic acids is 3. The minimum atomic E-state index is -0.812. The molecule has 0 aromatic heterocycles. The van der Waals surface area contributed by atoms with E-state index in [0.29, 0.717) is 19.3 Å². The van der Waals surface area contributed by atoms with Crippen LogP contribution >= 0.6 is 0 Å². The Balaban J connectivity index is 4.48. The highest BCUT2D eigenvalue weighted by molar-refractivity contribution is 5.71. The Bertz CT molecular complexity index is 1300. The van der Waals surface area contributed by atoms with Crippen molar-refractivity contribution in [1.82, 2.24) is 0 Å². The zero-order chi connectivity index (χ0) is 48.6. The summed E-state index contributed by atoms with van der Waals surface area (Å²) in [7, 11) is 0. The van der Waals surface area contributed by atoms with E-state index in [1.807, 2.05) is 0 Å². The number of hydrogen-bond acceptors (Lipinski definition) is 6. The maximum Gasteiger partial charge on any atom is 0.306 e. The first-order chi connectivity index (χ1) is 33.0. The van der Waals surface area contributed by atoms with Crippen molar-refractivity contribution in [2.75, 3.05) is 13.2 Å². The predicted octanol–water partition coefficient (Wildman–Crippen LogP) is 18.8.